The molecule has 0 heterocycles. The lowest BCUT2D eigenvalue weighted by Crippen LogP contribution is -2.08. The monoisotopic (exact) mass is 352 g/mol. The highest BCUT2D eigenvalue weighted by molar-refractivity contribution is 8.13. The predicted molar refractivity (Wildman–Crippen MR) is 84.2 cm³/mol. The van der Waals surface area contributed by atoms with Gasteiger partial charge in [-0.2, -0.15) is 0 Å². The standard InChI is InChI=1S/C14H21ClO6S/c1-5-18-10-9-11(22(15,16)17)13(20-7-3)14(21-8-4)12(10)19-6-2/h9H,5-8H2,1-4H3. The Balaban J connectivity index is 3.71. The minimum atomic E-state index is -4.04. The average molecular weight is 353 g/mol. The van der Waals surface area contributed by atoms with Crippen LogP contribution in [0.15, 0.2) is 11.0 Å². The highest BCUT2D eigenvalue weighted by atomic mass is 35.7. The largest absolute Gasteiger partial charge is 0.490 e. The summed E-state index contributed by atoms with van der Waals surface area (Å²) in [4.78, 5) is -0.202. The molecule has 1 rings (SSSR count). The quantitative estimate of drug-likeness (QED) is 0.635. The van der Waals surface area contributed by atoms with Gasteiger partial charge in [0.15, 0.2) is 11.5 Å². The van der Waals surface area contributed by atoms with E-state index in [0.29, 0.717) is 25.6 Å². The zero-order chi connectivity index (χ0) is 16.8. The van der Waals surface area contributed by atoms with Crippen molar-refractivity contribution in [2.45, 2.75) is 32.6 Å². The van der Waals surface area contributed by atoms with Crippen molar-refractivity contribution < 1.29 is 27.4 Å². The van der Waals surface area contributed by atoms with Gasteiger partial charge < -0.3 is 18.9 Å². The number of ether oxygens (including phenoxy) is 4. The number of halogens is 1. The van der Waals surface area contributed by atoms with Crippen molar-refractivity contribution in [3.63, 3.8) is 0 Å². The fourth-order valence-electron chi connectivity index (χ4n) is 1.86. The molecule has 0 amide bonds. The first-order valence-electron chi connectivity index (χ1n) is 7.07. The average Bonchev–Trinajstić information content (AvgIpc) is 2.44. The Morgan fingerprint density at radius 1 is 0.818 bits per heavy atom. The molecule has 0 saturated heterocycles. The molecule has 0 fully saturated rings. The zero-order valence-corrected chi connectivity index (χ0v) is 14.7. The van der Waals surface area contributed by atoms with E-state index in [1.165, 1.54) is 6.07 Å². The van der Waals surface area contributed by atoms with E-state index in [1.807, 2.05) is 0 Å². The number of benzene rings is 1. The second-order valence-corrected chi connectivity index (χ2v) is 6.56. The Labute approximate surface area is 135 Å². The number of rotatable bonds is 9. The summed E-state index contributed by atoms with van der Waals surface area (Å²) < 4.78 is 45.7. The first kappa shape index (κ1) is 18.7. The van der Waals surface area contributed by atoms with Crippen LogP contribution in [0.25, 0.3) is 0 Å². The summed E-state index contributed by atoms with van der Waals surface area (Å²) in [6.07, 6.45) is 0. The van der Waals surface area contributed by atoms with Crippen LogP contribution in [0.5, 0.6) is 23.0 Å². The Kier molecular flexibility index (Phi) is 7.09. The second kappa shape index (κ2) is 8.33. The van der Waals surface area contributed by atoms with Gasteiger partial charge >= 0.3 is 0 Å². The van der Waals surface area contributed by atoms with Gasteiger partial charge in [-0.1, -0.05) is 0 Å². The Bertz CT molecular complexity index is 600. The smallest absolute Gasteiger partial charge is 0.265 e. The fourth-order valence-corrected chi connectivity index (χ4v) is 2.82. The molecule has 0 aliphatic carbocycles. The molecular weight excluding hydrogens is 332 g/mol. The Morgan fingerprint density at radius 3 is 1.73 bits per heavy atom. The van der Waals surface area contributed by atoms with Crippen LogP contribution in [0.2, 0.25) is 0 Å². The molecule has 126 valence electrons. The van der Waals surface area contributed by atoms with Crippen LogP contribution in [0, 0.1) is 0 Å². The third-order valence-electron chi connectivity index (χ3n) is 2.55. The molecule has 0 atom stereocenters. The van der Waals surface area contributed by atoms with Crippen molar-refractivity contribution in [2.75, 3.05) is 26.4 Å². The van der Waals surface area contributed by atoms with E-state index < -0.39 is 9.05 Å². The van der Waals surface area contributed by atoms with Gasteiger partial charge in [0.2, 0.25) is 11.5 Å². The van der Waals surface area contributed by atoms with Gasteiger partial charge in [-0.25, -0.2) is 8.42 Å². The molecule has 22 heavy (non-hydrogen) atoms. The van der Waals surface area contributed by atoms with Gasteiger partial charge in [0.25, 0.3) is 9.05 Å². The topological polar surface area (TPSA) is 71.1 Å². The number of hydrogen-bond donors (Lipinski definition) is 0. The van der Waals surface area contributed by atoms with Crippen molar-refractivity contribution in [3.05, 3.63) is 6.07 Å². The lowest BCUT2D eigenvalue weighted by atomic mass is 10.2. The zero-order valence-electron chi connectivity index (χ0n) is 13.1. The summed E-state index contributed by atoms with van der Waals surface area (Å²) in [6, 6.07) is 1.30. The molecule has 0 aromatic heterocycles. The number of hydrogen-bond acceptors (Lipinski definition) is 6. The summed E-state index contributed by atoms with van der Waals surface area (Å²) in [5, 5.41) is 0. The van der Waals surface area contributed by atoms with E-state index in [4.69, 9.17) is 29.6 Å². The van der Waals surface area contributed by atoms with Crippen molar-refractivity contribution in [3.8, 4) is 23.0 Å². The van der Waals surface area contributed by atoms with Crippen molar-refractivity contribution in [1.82, 2.24) is 0 Å². The molecule has 0 radical (unpaired) electrons. The second-order valence-electron chi connectivity index (χ2n) is 4.03. The van der Waals surface area contributed by atoms with Crippen LogP contribution in [0.3, 0.4) is 0 Å². The van der Waals surface area contributed by atoms with E-state index in [9.17, 15) is 8.42 Å². The molecule has 0 unspecified atom stereocenters. The van der Waals surface area contributed by atoms with Crippen LogP contribution < -0.4 is 18.9 Å². The van der Waals surface area contributed by atoms with Gasteiger partial charge in [-0.05, 0) is 27.7 Å². The lowest BCUT2D eigenvalue weighted by molar-refractivity contribution is 0.240. The third kappa shape index (κ3) is 4.33. The summed E-state index contributed by atoms with van der Waals surface area (Å²) in [6.45, 7) is 8.33. The van der Waals surface area contributed by atoms with Gasteiger partial charge in [0, 0.05) is 16.7 Å². The molecular formula is C14H21ClO6S. The minimum absolute atomic E-state index is 0.0336. The lowest BCUT2D eigenvalue weighted by Gasteiger charge is -2.20. The first-order chi connectivity index (χ1) is 10.4. The molecule has 0 aliphatic rings. The molecule has 1 aromatic rings. The maximum Gasteiger partial charge on any atom is 0.265 e. The molecule has 0 spiro atoms. The van der Waals surface area contributed by atoms with Crippen LogP contribution >= 0.6 is 10.7 Å². The highest BCUT2D eigenvalue weighted by Crippen LogP contribution is 2.49. The highest BCUT2D eigenvalue weighted by Gasteiger charge is 2.28. The van der Waals surface area contributed by atoms with Crippen molar-refractivity contribution in [2.24, 2.45) is 0 Å². The van der Waals surface area contributed by atoms with Gasteiger partial charge in [0.05, 0.1) is 26.4 Å². The van der Waals surface area contributed by atoms with E-state index in [1.54, 1.807) is 27.7 Å². The van der Waals surface area contributed by atoms with Crippen LogP contribution in [0.1, 0.15) is 27.7 Å². The van der Waals surface area contributed by atoms with Crippen molar-refractivity contribution in [1.29, 1.82) is 0 Å². The maximum atomic E-state index is 11.8. The normalized spacial score (nSPS) is 11.1. The SMILES string of the molecule is CCOc1cc(S(=O)(=O)Cl)c(OCC)c(OCC)c1OCC. The molecule has 0 aliphatic heterocycles. The van der Waals surface area contributed by atoms with Gasteiger partial charge in [-0.3, -0.25) is 0 Å². The summed E-state index contributed by atoms with van der Waals surface area (Å²) in [5.41, 5.74) is 0. The Hall–Kier alpha value is -1.34. The molecule has 0 N–H and O–H groups in total. The van der Waals surface area contributed by atoms with Crippen molar-refractivity contribution >= 4 is 19.7 Å². The maximum absolute atomic E-state index is 11.8. The van der Waals surface area contributed by atoms with E-state index in [-0.39, 0.29) is 28.8 Å². The summed E-state index contributed by atoms with van der Waals surface area (Å²) in [5.74, 6) is 0.761. The van der Waals surface area contributed by atoms with Crippen LogP contribution in [-0.2, 0) is 9.05 Å². The molecule has 1 aromatic carbocycles. The molecule has 6 nitrogen and oxygen atoms in total. The predicted octanol–water partition coefficient (Wildman–Crippen LogP) is 3.21. The third-order valence-corrected chi connectivity index (χ3v) is 3.88. The summed E-state index contributed by atoms with van der Waals surface area (Å²) in [7, 11) is 1.48. The summed E-state index contributed by atoms with van der Waals surface area (Å²) >= 11 is 0. The molecule has 0 saturated carbocycles. The molecule has 8 heteroatoms. The Morgan fingerprint density at radius 2 is 1.27 bits per heavy atom. The van der Waals surface area contributed by atoms with Crippen LogP contribution in [-0.4, -0.2) is 34.8 Å². The fraction of sp³-hybridized carbons (Fsp3) is 0.571. The first-order valence-corrected chi connectivity index (χ1v) is 9.38. The minimum Gasteiger partial charge on any atom is -0.490 e. The van der Waals surface area contributed by atoms with Gasteiger partial charge in [-0.15, -0.1) is 0 Å². The molecule has 0 bridgehead atoms. The van der Waals surface area contributed by atoms with E-state index in [2.05, 4.69) is 0 Å². The van der Waals surface area contributed by atoms with E-state index >= 15 is 0 Å². The van der Waals surface area contributed by atoms with E-state index in [0.717, 1.165) is 0 Å². The van der Waals surface area contributed by atoms with Gasteiger partial charge in [0.1, 0.15) is 4.90 Å². The van der Waals surface area contributed by atoms with Crippen LogP contribution in [0.4, 0.5) is 0 Å².